The molecule has 0 radical (unpaired) electrons. The summed E-state index contributed by atoms with van der Waals surface area (Å²) in [6.07, 6.45) is 9.41. The SMILES string of the molecule is c1ccncc2cc3cccnc3cn2cc1. The van der Waals surface area contributed by atoms with Crippen LogP contribution in [0, 0.1) is 0 Å². The predicted octanol–water partition coefficient (Wildman–Crippen LogP) is 3.01. The Kier molecular flexibility index (Phi) is 2.43. The van der Waals surface area contributed by atoms with Gasteiger partial charge in [0.1, 0.15) is 0 Å². The van der Waals surface area contributed by atoms with Crippen LogP contribution in [0.1, 0.15) is 0 Å². The molecular weight excluding hydrogens is 210 g/mol. The average Bonchev–Trinajstić information content (AvgIpc) is 2.47. The smallest absolute Gasteiger partial charge is 0.0868 e. The Morgan fingerprint density at radius 1 is 1.00 bits per heavy atom. The number of fused-ring (bicyclic) bond motifs is 2. The van der Waals surface area contributed by atoms with Crippen molar-refractivity contribution in [3.05, 3.63) is 67.4 Å². The first-order valence-corrected chi connectivity index (χ1v) is 5.43. The maximum Gasteiger partial charge on any atom is 0.0868 e. The van der Waals surface area contributed by atoms with E-state index in [0.717, 1.165) is 16.4 Å². The molecule has 3 rings (SSSR count). The molecule has 3 nitrogen and oxygen atoms in total. The van der Waals surface area contributed by atoms with Crippen molar-refractivity contribution in [2.45, 2.75) is 0 Å². The second-order valence-corrected chi connectivity index (χ2v) is 3.74. The van der Waals surface area contributed by atoms with E-state index in [9.17, 15) is 0 Å². The summed E-state index contributed by atoms with van der Waals surface area (Å²) in [5.74, 6) is 0. The summed E-state index contributed by atoms with van der Waals surface area (Å²) < 4.78 is 2.02. The number of rotatable bonds is 0. The van der Waals surface area contributed by atoms with Crippen molar-refractivity contribution in [3.8, 4) is 0 Å². The highest BCUT2D eigenvalue weighted by Crippen LogP contribution is 2.12. The Morgan fingerprint density at radius 2 is 2.00 bits per heavy atom. The van der Waals surface area contributed by atoms with Gasteiger partial charge in [0.05, 0.1) is 17.2 Å². The molecular formula is C14H11N3. The molecule has 0 N–H and O–H groups in total. The van der Waals surface area contributed by atoms with Gasteiger partial charge in [-0.25, -0.2) is 0 Å². The van der Waals surface area contributed by atoms with Crippen LogP contribution in [-0.4, -0.2) is 14.4 Å². The third-order valence-electron chi connectivity index (χ3n) is 2.58. The Labute approximate surface area is 98.7 Å². The van der Waals surface area contributed by atoms with E-state index in [4.69, 9.17) is 0 Å². The first-order chi connectivity index (χ1) is 8.43. The van der Waals surface area contributed by atoms with Crippen LogP contribution < -0.4 is 0 Å². The van der Waals surface area contributed by atoms with Gasteiger partial charge in [0, 0.05) is 30.2 Å². The minimum atomic E-state index is 0.974. The van der Waals surface area contributed by atoms with Gasteiger partial charge < -0.3 is 4.40 Å². The van der Waals surface area contributed by atoms with Crippen LogP contribution >= 0.6 is 0 Å². The van der Waals surface area contributed by atoms with Crippen LogP contribution in [0.2, 0.25) is 0 Å². The van der Waals surface area contributed by atoms with Gasteiger partial charge in [-0.3, -0.25) is 9.97 Å². The number of hydrogen-bond acceptors (Lipinski definition) is 2. The molecule has 3 heterocycles. The van der Waals surface area contributed by atoms with E-state index in [1.807, 2.05) is 47.3 Å². The van der Waals surface area contributed by atoms with Gasteiger partial charge in [-0.05, 0) is 24.3 Å². The van der Waals surface area contributed by atoms with Gasteiger partial charge >= 0.3 is 0 Å². The van der Waals surface area contributed by atoms with Gasteiger partial charge in [-0.2, -0.15) is 0 Å². The second kappa shape index (κ2) is 4.22. The van der Waals surface area contributed by atoms with Crippen molar-refractivity contribution >= 4 is 16.4 Å². The topological polar surface area (TPSA) is 30.2 Å². The van der Waals surface area contributed by atoms with Crippen molar-refractivity contribution in [1.82, 2.24) is 14.4 Å². The molecule has 0 amide bonds. The molecule has 0 saturated heterocycles. The molecule has 0 aliphatic rings. The summed E-state index contributed by atoms with van der Waals surface area (Å²) in [6, 6.07) is 11.9. The zero-order valence-electron chi connectivity index (χ0n) is 9.19. The number of nitrogens with zero attached hydrogens (tertiary/aromatic N) is 3. The van der Waals surface area contributed by atoms with Gasteiger partial charge in [0.2, 0.25) is 0 Å². The van der Waals surface area contributed by atoms with Crippen LogP contribution in [0.15, 0.2) is 67.4 Å². The molecule has 3 aromatic rings. The van der Waals surface area contributed by atoms with E-state index in [2.05, 4.69) is 22.1 Å². The second-order valence-electron chi connectivity index (χ2n) is 3.74. The van der Waals surface area contributed by atoms with E-state index in [1.54, 1.807) is 12.4 Å². The average molecular weight is 221 g/mol. The fraction of sp³-hybridized carbons (Fsp3) is 0. The lowest BCUT2D eigenvalue weighted by atomic mass is 10.2. The summed E-state index contributed by atoms with van der Waals surface area (Å²) in [6.45, 7) is 0. The molecule has 0 fully saturated rings. The molecule has 0 aromatic carbocycles. The maximum atomic E-state index is 4.34. The zero-order valence-corrected chi connectivity index (χ0v) is 9.19. The highest BCUT2D eigenvalue weighted by Gasteiger charge is 1.94. The lowest BCUT2D eigenvalue weighted by Gasteiger charge is -2.00. The fourth-order valence-corrected chi connectivity index (χ4v) is 1.76. The largest absolute Gasteiger partial charge is 0.320 e. The van der Waals surface area contributed by atoms with Crippen LogP contribution in [0.4, 0.5) is 0 Å². The summed E-state index contributed by atoms with van der Waals surface area (Å²) in [4.78, 5) is 8.56. The molecule has 0 aliphatic carbocycles. The first-order valence-electron chi connectivity index (χ1n) is 5.43. The van der Waals surface area contributed by atoms with Crippen LogP contribution in [-0.2, 0) is 0 Å². The van der Waals surface area contributed by atoms with Gasteiger partial charge in [0.25, 0.3) is 0 Å². The number of hydrogen-bond donors (Lipinski definition) is 0. The van der Waals surface area contributed by atoms with Gasteiger partial charge in [0.15, 0.2) is 0 Å². The molecule has 0 unspecified atom stereocenters. The molecule has 3 heteroatoms. The van der Waals surface area contributed by atoms with Crippen molar-refractivity contribution in [3.63, 3.8) is 0 Å². The van der Waals surface area contributed by atoms with Crippen molar-refractivity contribution in [2.24, 2.45) is 0 Å². The van der Waals surface area contributed by atoms with Gasteiger partial charge in [-0.15, -0.1) is 0 Å². The molecule has 3 aromatic heterocycles. The van der Waals surface area contributed by atoms with Crippen LogP contribution in [0.25, 0.3) is 16.4 Å². The molecule has 0 saturated carbocycles. The Bertz CT molecular complexity index is 654. The quantitative estimate of drug-likeness (QED) is 0.584. The minimum absolute atomic E-state index is 0.974. The van der Waals surface area contributed by atoms with Crippen LogP contribution in [0.3, 0.4) is 0 Å². The van der Waals surface area contributed by atoms with Crippen LogP contribution in [0.5, 0.6) is 0 Å². The Balaban J connectivity index is 2.46. The standard InChI is InChI=1S/C14H11N3/c1-2-6-15-10-13-9-12-5-4-7-16-14(12)11-17(13)8-3-1/h1-11H. The first kappa shape index (κ1) is 9.78. The molecule has 0 spiro atoms. The summed E-state index contributed by atoms with van der Waals surface area (Å²) >= 11 is 0. The molecule has 0 atom stereocenters. The minimum Gasteiger partial charge on any atom is -0.320 e. The zero-order chi connectivity index (χ0) is 11.5. The van der Waals surface area contributed by atoms with E-state index < -0.39 is 0 Å². The summed E-state index contributed by atoms with van der Waals surface area (Å²) in [7, 11) is 0. The Hall–Kier alpha value is -2.42. The molecule has 82 valence electrons. The molecule has 0 bridgehead atoms. The number of aromatic nitrogens is 3. The Morgan fingerprint density at radius 3 is 3.00 bits per heavy atom. The lowest BCUT2D eigenvalue weighted by molar-refractivity contribution is 1.17. The van der Waals surface area contributed by atoms with E-state index in [-0.39, 0.29) is 0 Å². The normalized spacial score (nSPS) is 10.4. The summed E-state index contributed by atoms with van der Waals surface area (Å²) in [5, 5.41) is 1.12. The van der Waals surface area contributed by atoms with Crippen molar-refractivity contribution in [1.29, 1.82) is 0 Å². The highest BCUT2D eigenvalue weighted by molar-refractivity contribution is 5.81. The third kappa shape index (κ3) is 1.95. The van der Waals surface area contributed by atoms with E-state index >= 15 is 0 Å². The molecule has 17 heavy (non-hydrogen) atoms. The lowest BCUT2D eigenvalue weighted by Crippen LogP contribution is -1.87. The summed E-state index contributed by atoms with van der Waals surface area (Å²) in [5.41, 5.74) is 2.00. The molecule has 0 aliphatic heterocycles. The predicted molar refractivity (Wildman–Crippen MR) is 68.1 cm³/mol. The monoisotopic (exact) mass is 221 g/mol. The van der Waals surface area contributed by atoms with E-state index in [1.165, 1.54) is 0 Å². The van der Waals surface area contributed by atoms with Crippen molar-refractivity contribution in [2.75, 3.05) is 0 Å². The van der Waals surface area contributed by atoms with Crippen molar-refractivity contribution < 1.29 is 0 Å². The maximum absolute atomic E-state index is 4.34. The fourth-order valence-electron chi connectivity index (χ4n) is 1.76. The highest BCUT2D eigenvalue weighted by atomic mass is 14.9. The number of pyridine rings is 2. The van der Waals surface area contributed by atoms with Gasteiger partial charge in [-0.1, -0.05) is 12.1 Å². The third-order valence-corrected chi connectivity index (χ3v) is 2.58. The van der Waals surface area contributed by atoms with E-state index in [0.29, 0.717) is 0 Å².